The van der Waals surface area contributed by atoms with Crippen molar-refractivity contribution in [3.05, 3.63) is 34.9 Å². The van der Waals surface area contributed by atoms with Gasteiger partial charge in [0.2, 0.25) is 0 Å². The Morgan fingerprint density at radius 3 is 2.68 bits per heavy atom. The van der Waals surface area contributed by atoms with E-state index in [1.807, 2.05) is 19.9 Å². The van der Waals surface area contributed by atoms with Crippen molar-refractivity contribution in [3.63, 3.8) is 0 Å². The largest absolute Gasteiger partial charge is 0.390 e. The van der Waals surface area contributed by atoms with Gasteiger partial charge in [0.15, 0.2) is 22.8 Å². The summed E-state index contributed by atoms with van der Waals surface area (Å²) < 4.78 is 29.6. The predicted octanol–water partition coefficient (Wildman–Crippen LogP) is 3.58. The van der Waals surface area contributed by atoms with E-state index in [1.54, 1.807) is 32.1 Å². The van der Waals surface area contributed by atoms with E-state index in [4.69, 9.17) is 21.1 Å². The lowest BCUT2D eigenvalue weighted by atomic mass is 9.45. The van der Waals surface area contributed by atoms with Gasteiger partial charge in [-0.2, -0.15) is 0 Å². The van der Waals surface area contributed by atoms with Crippen molar-refractivity contribution in [2.75, 3.05) is 6.61 Å². The van der Waals surface area contributed by atoms with Gasteiger partial charge in [-0.3, -0.25) is 4.79 Å². The Bertz CT molecular complexity index is 942. The van der Waals surface area contributed by atoms with Gasteiger partial charge in [0, 0.05) is 21.8 Å². The summed E-state index contributed by atoms with van der Waals surface area (Å²) in [6.07, 6.45) is 6.22. The minimum absolute atomic E-state index is 0.0422. The second-order valence-corrected chi connectivity index (χ2v) is 11.2. The molecule has 5 rings (SSSR count). The number of hydrogen-bond donors (Lipinski definition) is 2. The molecule has 2 N–H and O–H groups in total. The number of carbonyl (C=O) groups excluding carboxylic acids is 1. The lowest BCUT2D eigenvalue weighted by molar-refractivity contribution is -0.242. The number of carbonyl (C=O) groups is 1. The molecule has 1 heterocycles. The normalized spacial score (nSPS) is 51.9. The number of allylic oxidation sites excluding steroid dienone is 6. The number of halogens is 2. The van der Waals surface area contributed by atoms with Gasteiger partial charge in [-0.25, -0.2) is 4.39 Å². The summed E-state index contributed by atoms with van der Waals surface area (Å²) in [6, 6.07) is 0. The smallest absolute Gasteiger partial charge is 0.193 e. The molecule has 0 spiro atoms. The Labute approximate surface area is 186 Å². The number of alkyl halides is 1. The fraction of sp³-hybridized carbons (Fsp3) is 0.708. The first-order chi connectivity index (χ1) is 14.4. The van der Waals surface area contributed by atoms with Crippen LogP contribution in [0.3, 0.4) is 0 Å². The zero-order valence-corrected chi connectivity index (χ0v) is 19.1. The first-order valence-corrected chi connectivity index (χ1v) is 11.4. The van der Waals surface area contributed by atoms with Crippen molar-refractivity contribution in [1.29, 1.82) is 0 Å². The number of ketones is 1. The van der Waals surface area contributed by atoms with Gasteiger partial charge in [-0.15, -0.1) is 0 Å². The Morgan fingerprint density at radius 2 is 2.00 bits per heavy atom. The molecule has 5 aliphatic rings. The molecule has 5 nitrogen and oxygen atoms in total. The fourth-order valence-electron chi connectivity index (χ4n) is 7.67. The maximum Gasteiger partial charge on any atom is 0.193 e. The molecule has 4 aliphatic carbocycles. The molecule has 31 heavy (non-hydrogen) atoms. The first kappa shape index (κ1) is 21.8. The number of aliphatic hydroxyl groups is 2. The highest BCUT2D eigenvalue weighted by Gasteiger charge is 2.79. The fourth-order valence-corrected chi connectivity index (χ4v) is 7.85. The van der Waals surface area contributed by atoms with E-state index in [-0.39, 0.29) is 12.3 Å². The van der Waals surface area contributed by atoms with Crippen LogP contribution in [0.4, 0.5) is 4.39 Å². The van der Waals surface area contributed by atoms with Gasteiger partial charge >= 0.3 is 0 Å². The van der Waals surface area contributed by atoms with Crippen LogP contribution in [0.25, 0.3) is 0 Å². The summed E-state index contributed by atoms with van der Waals surface area (Å²) in [4.78, 5) is 13.2. The van der Waals surface area contributed by atoms with E-state index in [0.717, 1.165) is 5.57 Å². The first-order valence-electron chi connectivity index (χ1n) is 11.0. The van der Waals surface area contributed by atoms with Gasteiger partial charge in [-0.1, -0.05) is 30.7 Å². The molecule has 8 atom stereocenters. The SMILES string of the molecule is CC1(C)OC2CC3C4CC=C5C=C(Cl)C=CC5(C)C4(F)C(O)CC3(C)C2(C(=O)CO)O1. The molecular formula is C24H30ClFO5. The molecule has 3 fully saturated rings. The minimum Gasteiger partial charge on any atom is -0.390 e. The third-order valence-electron chi connectivity index (χ3n) is 8.96. The zero-order chi connectivity index (χ0) is 22.6. The van der Waals surface area contributed by atoms with Crippen molar-refractivity contribution < 1.29 is 28.9 Å². The average molecular weight is 453 g/mol. The Kier molecular flexibility index (Phi) is 4.42. The van der Waals surface area contributed by atoms with Gasteiger partial charge in [0.25, 0.3) is 0 Å². The lowest BCUT2D eigenvalue weighted by Crippen LogP contribution is -2.69. The van der Waals surface area contributed by atoms with Crippen LogP contribution in [0.5, 0.6) is 0 Å². The molecule has 0 aromatic heterocycles. The van der Waals surface area contributed by atoms with E-state index in [1.165, 1.54) is 0 Å². The van der Waals surface area contributed by atoms with Gasteiger partial charge < -0.3 is 19.7 Å². The molecular weight excluding hydrogens is 423 g/mol. The topological polar surface area (TPSA) is 76.0 Å². The Morgan fingerprint density at radius 1 is 1.29 bits per heavy atom. The second kappa shape index (κ2) is 6.29. The number of rotatable bonds is 2. The number of fused-ring (bicyclic) bond motifs is 7. The number of ether oxygens (including phenoxy) is 2. The highest BCUT2D eigenvalue weighted by atomic mass is 35.5. The number of Topliss-reactive ketones (excluding diaryl/α,β-unsaturated/α-hetero) is 1. The third-order valence-corrected chi connectivity index (χ3v) is 9.20. The van der Waals surface area contributed by atoms with Crippen LogP contribution in [0, 0.1) is 22.7 Å². The summed E-state index contributed by atoms with van der Waals surface area (Å²) in [5.74, 6) is -2.26. The molecule has 170 valence electrons. The summed E-state index contributed by atoms with van der Waals surface area (Å²) >= 11 is 6.18. The van der Waals surface area contributed by atoms with Crippen molar-refractivity contribution in [2.45, 2.75) is 76.2 Å². The van der Waals surface area contributed by atoms with Crippen LogP contribution in [-0.2, 0) is 14.3 Å². The summed E-state index contributed by atoms with van der Waals surface area (Å²) in [5, 5.41) is 21.8. The molecule has 0 amide bonds. The van der Waals surface area contributed by atoms with Crippen LogP contribution in [-0.4, -0.2) is 51.9 Å². The number of hydrogen-bond acceptors (Lipinski definition) is 5. The lowest BCUT2D eigenvalue weighted by Gasteiger charge is -2.61. The van der Waals surface area contributed by atoms with Gasteiger partial charge in [0.1, 0.15) is 6.61 Å². The zero-order valence-electron chi connectivity index (χ0n) is 18.3. The molecule has 7 heteroatoms. The van der Waals surface area contributed by atoms with Crippen molar-refractivity contribution in [3.8, 4) is 0 Å². The van der Waals surface area contributed by atoms with Crippen molar-refractivity contribution in [2.24, 2.45) is 22.7 Å². The highest BCUT2D eigenvalue weighted by Crippen LogP contribution is 2.71. The van der Waals surface area contributed by atoms with Crippen LogP contribution >= 0.6 is 11.6 Å². The Balaban J connectivity index is 1.65. The predicted molar refractivity (Wildman–Crippen MR) is 113 cm³/mol. The van der Waals surface area contributed by atoms with E-state index in [9.17, 15) is 15.0 Å². The molecule has 0 aromatic carbocycles. The van der Waals surface area contributed by atoms with E-state index < -0.39 is 58.4 Å². The summed E-state index contributed by atoms with van der Waals surface area (Å²) in [5.41, 5.74) is -4.46. The highest BCUT2D eigenvalue weighted by molar-refractivity contribution is 6.31. The van der Waals surface area contributed by atoms with Crippen LogP contribution < -0.4 is 0 Å². The molecule has 0 radical (unpaired) electrons. The van der Waals surface area contributed by atoms with Crippen molar-refractivity contribution in [1.82, 2.24) is 0 Å². The summed E-state index contributed by atoms with van der Waals surface area (Å²) in [7, 11) is 0. The Hall–Kier alpha value is -1.05. The monoisotopic (exact) mass is 452 g/mol. The number of aliphatic hydroxyl groups excluding tert-OH is 2. The van der Waals surface area contributed by atoms with E-state index in [2.05, 4.69) is 0 Å². The van der Waals surface area contributed by atoms with Crippen LogP contribution in [0.2, 0.25) is 0 Å². The van der Waals surface area contributed by atoms with Gasteiger partial charge in [0.05, 0.1) is 12.2 Å². The molecule has 1 aliphatic heterocycles. The quantitative estimate of drug-likeness (QED) is 0.669. The molecule has 1 saturated heterocycles. The standard InChI is InChI=1S/C24H30ClFO5/c1-20(2)30-19-10-16-15-6-5-13-9-14(25)7-8-21(13,3)23(15,26)17(28)11-22(16,4)24(19,31-20)18(29)12-27/h5,7-9,15-17,19,27-28H,6,10-12H2,1-4H3. The van der Waals surface area contributed by atoms with Gasteiger partial charge in [-0.05, 0) is 63.7 Å². The van der Waals surface area contributed by atoms with E-state index >= 15 is 4.39 Å². The maximum absolute atomic E-state index is 17.2. The maximum atomic E-state index is 17.2. The molecule has 0 aromatic rings. The second-order valence-electron chi connectivity index (χ2n) is 10.7. The van der Waals surface area contributed by atoms with Crippen LogP contribution in [0.1, 0.15) is 47.0 Å². The summed E-state index contributed by atoms with van der Waals surface area (Å²) in [6.45, 7) is 6.51. The van der Waals surface area contributed by atoms with Crippen molar-refractivity contribution >= 4 is 17.4 Å². The molecule has 0 bridgehead atoms. The molecule has 2 saturated carbocycles. The third kappa shape index (κ3) is 2.38. The minimum atomic E-state index is -1.93. The average Bonchev–Trinajstić information content (AvgIpc) is 3.09. The van der Waals surface area contributed by atoms with Crippen LogP contribution in [0.15, 0.2) is 34.9 Å². The van der Waals surface area contributed by atoms with E-state index in [0.29, 0.717) is 17.9 Å². The molecule has 8 unspecified atom stereocenters.